The third kappa shape index (κ3) is 2.41. The zero-order valence-corrected chi connectivity index (χ0v) is 10.4. The van der Waals surface area contributed by atoms with Crippen molar-refractivity contribution in [2.45, 2.75) is 19.8 Å². The summed E-state index contributed by atoms with van der Waals surface area (Å²) in [6.45, 7) is 4.49. The van der Waals surface area contributed by atoms with Crippen LogP contribution in [-0.4, -0.2) is 16.7 Å². The van der Waals surface area contributed by atoms with Crippen LogP contribution >= 0.6 is 0 Å². The Balaban J connectivity index is 2.34. The van der Waals surface area contributed by atoms with Gasteiger partial charge in [-0.3, -0.25) is 0 Å². The molecular formula is C13H16FN3O. The van der Waals surface area contributed by atoms with Crippen molar-refractivity contribution < 1.29 is 8.91 Å². The molecule has 2 rings (SSSR count). The second-order valence-corrected chi connectivity index (χ2v) is 4.52. The molecule has 4 nitrogen and oxygen atoms in total. The van der Waals surface area contributed by atoms with E-state index in [9.17, 15) is 4.39 Å². The van der Waals surface area contributed by atoms with Gasteiger partial charge >= 0.3 is 0 Å². The van der Waals surface area contributed by atoms with Crippen molar-refractivity contribution >= 4 is 0 Å². The Morgan fingerprint density at radius 1 is 1.33 bits per heavy atom. The van der Waals surface area contributed by atoms with E-state index in [-0.39, 0.29) is 17.6 Å². The number of rotatable bonds is 4. The average Bonchev–Trinajstić information content (AvgIpc) is 2.79. The lowest BCUT2D eigenvalue weighted by molar-refractivity contribution is 0.324. The van der Waals surface area contributed by atoms with Gasteiger partial charge in [-0.25, -0.2) is 4.39 Å². The Bertz CT molecular complexity index is 524. The highest BCUT2D eigenvalue weighted by Gasteiger charge is 2.22. The van der Waals surface area contributed by atoms with E-state index >= 15 is 0 Å². The summed E-state index contributed by atoms with van der Waals surface area (Å²) in [7, 11) is 0. The summed E-state index contributed by atoms with van der Waals surface area (Å²) in [6.07, 6.45) is 0. The van der Waals surface area contributed by atoms with Gasteiger partial charge in [0.2, 0.25) is 11.7 Å². The van der Waals surface area contributed by atoms with Crippen molar-refractivity contribution in [3.05, 3.63) is 36.0 Å². The fourth-order valence-electron chi connectivity index (χ4n) is 1.80. The molecule has 0 aliphatic rings. The van der Waals surface area contributed by atoms with E-state index in [2.05, 4.69) is 10.1 Å². The van der Waals surface area contributed by atoms with Gasteiger partial charge < -0.3 is 10.3 Å². The third-order valence-electron chi connectivity index (χ3n) is 2.93. The fourth-order valence-corrected chi connectivity index (χ4v) is 1.80. The van der Waals surface area contributed by atoms with Crippen molar-refractivity contribution in [1.29, 1.82) is 0 Å². The van der Waals surface area contributed by atoms with Crippen molar-refractivity contribution in [2.24, 2.45) is 11.7 Å². The van der Waals surface area contributed by atoms with Gasteiger partial charge in [-0.05, 0) is 18.1 Å². The Morgan fingerprint density at radius 2 is 2.06 bits per heavy atom. The molecule has 0 bridgehead atoms. The van der Waals surface area contributed by atoms with Crippen LogP contribution in [-0.2, 0) is 0 Å². The minimum atomic E-state index is -0.362. The van der Waals surface area contributed by atoms with Crippen molar-refractivity contribution in [3.8, 4) is 11.4 Å². The molecule has 1 aromatic heterocycles. The highest BCUT2D eigenvalue weighted by Crippen LogP contribution is 2.25. The Hall–Kier alpha value is -1.75. The number of benzene rings is 1. The third-order valence-corrected chi connectivity index (χ3v) is 2.93. The predicted molar refractivity (Wildman–Crippen MR) is 66.3 cm³/mol. The number of nitrogens with zero attached hydrogens (tertiary/aromatic N) is 2. The van der Waals surface area contributed by atoms with E-state index in [0.717, 1.165) is 0 Å². The molecule has 0 amide bonds. The Labute approximate surface area is 105 Å². The highest BCUT2D eigenvalue weighted by molar-refractivity contribution is 5.54. The molecule has 2 N–H and O–H groups in total. The van der Waals surface area contributed by atoms with Crippen LogP contribution in [0.15, 0.2) is 28.8 Å². The van der Waals surface area contributed by atoms with Gasteiger partial charge in [-0.2, -0.15) is 4.98 Å². The van der Waals surface area contributed by atoms with Crippen LogP contribution < -0.4 is 5.73 Å². The molecule has 1 atom stereocenters. The fraction of sp³-hybridized carbons (Fsp3) is 0.385. The van der Waals surface area contributed by atoms with Crippen molar-refractivity contribution in [2.75, 3.05) is 6.54 Å². The number of aromatic nitrogens is 2. The number of hydrogen-bond donors (Lipinski definition) is 1. The maximum absolute atomic E-state index is 13.6. The van der Waals surface area contributed by atoms with Gasteiger partial charge in [0.1, 0.15) is 5.82 Å². The lowest BCUT2D eigenvalue weighted by Crippen LogP contribution is -2.18. The van der Waals surface area contributed by atoms with E-state index in [0.29, 0.717) is 23.9 Å². The molecule has 1 unspecified atom stereocenters. The van der Waals surface area contributed by atoms with E-state index in [4.69, 9.17) is 10.3 Å². The van der Waals surface area contributed by atoms with E-state index < -0.39 is 0 Å². The summed E-state index contributed by atoms with van der Waals surface area (Å²) in [5.41, 5.74) is 6.02. The Morgan fingerprint density at radius 3 is 2.67 bits per heavy atom. The largest absolute Gasteiger partial charge is 0.339 e. The number of hydrogen-bond acceptors (Lipinski definition) is 4. The molecule has 0 aliphatic carbocycles. The van der Waals surface area contributed by atoms with Gasteiger partial charge in [0.15, 0.2) is 0 Å². The molecule has 96 valence electrons. The van der Waals surface area contributed by atoms with E-state index in [1.807, 2.05) is 13.8 Å². The highest BCUT2D eigenvalue weighted by atomic mass is 19.1. The summed E-state index contributed by atoms with van der Waals surface area (Å²) in [6, 6.07) is 6.35. The summed E-state index contributed by atoms with van der Waals surface area (Å²) in [4.78, 5) is 4.24. The van der Waals surface area contributed by atoms with Gasteiger partial charge in [0, 0.05) is 6.54 Å². The number of nitrogens with two attached hydrogens (primary N) is 1. The van der Waals surface area contributed by atoms with Crippen LogP contribution in [0.5, 0.6) is 0 Å². The van der Waals surface area contributed by atoms with Gasteiger partial charge in [-0.1, -0.05) is 31.1 Å². The summed E-state index contributed by atoms with van der Waals surface area (Å²) in [5.74, 6) is 0.661. The SMILES string of the molecule is CC(C)C(CN)c1nc(-c2ccccc2F)no1. The summed E-state index contributed by atoms with van der Waals surface area (Å²) in [5, 5.41) is 3.82. The first-order chi connectivity index (χ1) is 8.63. The quantitative estimate of drug-likeness (QED) is 0.904. The smallest absolute Gasteiger partial charge is 0.231 e. The molecular weight excluding hydrogens is 233 g/mol. The minimum Gasteiger partial charge on any atom is -0.339 e. The number of halogens is 1. The molecule has 0 aliphatic heterocycles. The van der Waals surface area contributed by atoms with Crippen LogP contribution in [0.4, 0.5) is 4.39 Å². The standard InChI is InChI=1S/C13H16FN3O/c1-8(2)10(7-15)13-16-12(17-18-13)9-5-3-4-6-11(9)14/h3-6,8,10H,7,15H2,1-2H3. The molecule has 0 fully saturated rings. The molecule has 1 aromatic carbocycles. The van der Waals surface area contributed by atoms with Crippen molar-refractivity contribution in [1.82, 2.24) is 10.1 Å². The maximum atomic E-state index is 13.6. The zero-order valence-electron chi connectivity index (χ0n) is 10.4. The summed E-state index contributed by atoms with van der Waals surface area (Å²) >= 11 is 0. The van der Waals surface area contributed by atoms with Crippen LogP contribution in [0.1, 0.15) is 25.7 Å². The minimum absolute atomic E-state index is 0.00183. The Kier molecular flexibility index (Phi) is 3.72. The maximum Gasteiger partial charge on any atom is 0.231 e. The van der Waals surface area contributed by atoms with Crippen LogP contribution in [0.2, 0.25) is 0 Å². The average molecular weight is 249 g/mol. The second kappa shape index (κ2) is 5.27. The molecule has 0 radical (unpaired) electrons. The van der Waals surface area contributed by atoms with Gasteiger partial charge in [0.25, 0.3) is 0 Å². The van der Waals surface area contributed by atoms with Crippen LogP contribution in [0.25, 0.3) is 11.4 Å². The monoisotopic (exact) mass is 249 g/mol. The molecule has 18 heavy (non-hydrogen) atoms. The molecule has 1 heterocycles. The second-order valence-electron chi connectivity index (χ2n) is 4.52. The predicted octanol–water partition coefficient (Wildman–Crippen LogP) is 2.57. The molecule has 2 aromatic rings. The van der Waals surface area contributed by atoms with Gasteiger partial charge in [0.05, 0.1) is 11.5 Å². The first-order valence-electron chi connectivity index (χ1n) is 5.92. The lowest BCUT2D eigenvalue weighted by Gasteiger charge is -2.13. The van der Waals surface area contributed by atoms with E-state index in [1.165, 1.54) is 6.07 Å². The molecule has 0 saturated carbocycles. The molecule has 5 heteroatoms. The first-order valence-corrected chi connectivity index (χ1v) is 5.92. The normalized spacial score (nSPS) is 12.9. The van der Waals surface area contributed by atoms with Crippen molar-refractivity contribution in [3.63, 3.8) is 0 Å². The van der Waals surface area contributed by atoms with Crippen LogP contribution in [0, 0.1) is 11.7 Å². The lowest BCUT2D eigenvalue weighted by atomic mass is 9.96. The topological polar surface area (TPSA) is 64.9 Å². The van der Waals surface area contributed by atoms with E-state index in [1.54, 1.807) is 18.2 Å². The zero-order chi connectivity index (χ0) is 13.1. The molecule has 0 spiro atoms. The van der Waals surface area contributed by atoms with Gasteiger partial charge in [-0.15, -0.1) is 0 Å². The first kappa shape index (κ1) is 12.7. The van der Waals surface area contributed by atoms with Crippen LogP contribution in [0.3, 0.4) is 0 Å². The molecule has 0 saturated heterocycles. The summed E-state index contributed by atoms with van der Waals surface area (Å²) < 4.78 is 18.8.